The van der Waals surface area contributed by atoms with Gasteiger partial charge in [0.1, 0.15) is 12.2 Å². The Balaban J connectivity index is 1.10. The lowest BCUT2D eigenvalue weighted by molar-refractivity contribution is -0.165. The van der Waals surface area contributed by atoms with Gasteiger partial charge in [-0.25, -0.2) is 0 Å². The predicted octanol–water partition coefficient (Wildman–Crippen LogP) is 1.93. The standard InChI is InChI=1S/C24H43NO5/c1-25-19(21(27)23(29)22(28)20(25)14-26)6-4-2-3-5-7-30-15-24-11-16-8-17(12-24)10-18(9-16)13-24/h16-23,26-29H,2-15H2,1H3/t16?,17?,18?,19-,20+,21-,22+,23+,24?/m0/s1. The van der Waals surface area contributed by atoms with E-state index in [-0.39, 0.29) is 12.6 Å². The number of aliphatic hydroxyl groups is 4. The monoisotopic (exact) mass is 425 g/mol. The first kappa shape index (κ1) is 22.9. The average Bonchev–Trinajstić information content (AvgIpc) is 2.70. The number of likely N-dealkylation sites (N-methyl/N-ethyl adjacent to an activating group) is 1. The van der Waals surface area contributed by atoms with Crippen LogP contribution in [0.25, 0.3) is 0 Å². The van der Waals surface area contributed by atoms with E-state index in [4.69, 9.17) is 4.74 Å². The number of piperidine rings is 1. The van der Waals surface area contributed by atoms with Crippen molar-refractivity contribution in [1.82, 2.24) is 4.90 Å². The summed E-state index contributed by atoms with van der Waals surface area (Å²) in [6.45, 7) is 1.60. The predicted molar refractivity (Wildman–Crippen MR) is 115 cm³/mol. The van der Waals surface area contributed by atoms with Gasteiger partial charge in [0.15, 0.2) is 0 Å². The number of rotatable bonds is 10. The molecule has 0 aromatic rings. The van der Waals surface area contributed by atoms with Gasteiger partial charge in [-0.3, -0.25) is 4.90 Å². The van der Waals surface area contributed by atoms with E-state index in [2.05, 4.69) is 0 Å². The number of nitrogens with zero attached hydrogens (tertiary/aromatic N) is 1. The van der Waals surface area contributed by atoms with E-state index in [1.807, 2.05) is 11.9 Å². The minimum atomic E-state index is -1.19. The highest BCUT2D eigenvalue weighted by atomic mass is 16.5. The van der Waals surface area contributed by atoms with E-state index < -0.39 is 24.4 Å². The van der Waals surface area contributed by atoms with Gasteiger partial charge in [-0.2, -0.15) is 0 Å². The molecule has 0 aromatic heterocycles. The molecule has 5 atom stereocenters. The zero-order valence-electron chi connectivity index (χ0n) is 18.7. The second kappa shape index (κ2) is 9.72. The molecule has 1 heterocycles. The van der Waals surface area contributed by atoms with Crippen LogP contribution in [-0.4, -0.2) is 82.6 Å². The maximum Gasteiger partial charge on any atom is 0.109 e. The SMILES string of the molecule is CN1[C@H](CO)[C@@H](O)[C@H](O)[C@@H](O)[C@@H]1CCCCCCOCC12CC3CC(CC(C3)C1)C2. The topological polar surface area (TPSA) is 93.4 Å². The summed E-state index contributed by atoms with van der Waals surface area (Å²) >= 11 is 0. The van der Waals surface area contributed by atoms with Gasteiger partial charge in [-0.1, -0.05) is 19.3 Å². The molecule has 0 spiro atoms. The Kier molecular flexibility index (Phi) is 7.43. The molecular formula is C24H43NO5. The van der Waals surface area contributed by atoms with Crippen molar-refractivity contribution in [2.45, 2.75) is 101 Å². The summed E-state index contributed by atoms with van der Waals surface area (Å²) in [5.41, 5.74) is 0.505. The first-order valence-corrected chi connectivity index (χ1v) is 12.4. The molecule has 5 aliphatic rings. The minimum absolute atomic E-state index is 0.223. The molecule has 5 fully saturated rings. The van der Waals surface area contributed by atoms with Gasteiger partial charge < -0.3 is 25.2 Å². The molecule has 1 saturated heterocycles. The average molecular weight is 426 g/mol. The molecule has 0 radical (unpaired) electrons. The van der Waals surface area contributed by atoms with Crippen molar-refractivity contribution < 1.29 is 25.2 Å². The zero-order valence-corrected chi connectivity index (χ0v) is 18.7. The lowest BCUT2D eigenvalue weighted by Gasteiger charge is -2.56. The summed E-state index contributed by atoms with van der Waals surface area (Å²) in [5.74, 6) is 2.95. The van der Waals surface area contributed by atoms with E-state index in [9.17, 15) is 20.4 Å². The Bertz CT molecular complexity index is 522. The van der Waals surface area contributed by atoms with Gasteiger partial charge in [-0.15, -0.1) is 0 Å². The van der Waals surface area contributed by atoms with Crippen molar-refractivity contribution in [2.24, 2.45) is 23.2 Å². The van der Waals surface area contributed by atoms with Crippen LogP contribution in [0.5, 0.6) is 0 Å². The maximum atomic E-state index is 10.3. The summed E-state index contributed by atoms with van der Waals surface area (Å²) in [5, 5.41) is 39.9. The van der Waals surface area contributed by atoms with Crippen molar-refractivity contribution in [3.05, 3.63) is 0 Å². The van der Waals surface area contributed by atoms with Crippen LogP contribution in [-0.2, 0) is 4.74 Å². The summed E-state index contributed by atoms with van der Waals surface area (Å²) in [6, 6.07) is -0.751. The van der Waals surface area contributed by atoms with E-state index >= 15 is 0 Å². The second-order valence-electron chi connectivity index (χ2n) is 11.1. The molecule has 4 aliphatic carbocycles. The summed E-state index contributed by atoms with van der Waals surface area (Å²) < 4.78 is 6.17. The molecular weight excluding hydrogens is 382 g/mol. The Morgan fingerprint density at radius 3 is 1.97 bits per heavy atom. The van der Waals surface area contributed by atoms with Gasteiger partial charge >= 0.3 is 0 Å². The molecule has 6 heteroatoms. The van der Waals surface area contributed by atoms with Gasteiger partial charge in [0, 0.05) is 12.6 Å². The molecule has 0 amide bonds. The van der Waals surface area contributed by atoms with Crippen LogP contribution >= 0.6 is 0 Å². The molecule has 4 bridgehead atoms. The highest BCUT2D eigenvalue weighted by Crippen LogP contribution is 2.60. The summed E-state index contributed by atoms with van der Waals surface area (Å²) in [6.07, 6.45) is 10.4. The third-order valence-corrected chi connectivity index (χ3v) is 8.83. The van der Waals surface area contributed by atoms with Crippen LogP contribution in [0, 0.1) is 23.2 Å². The first-order valence-electron chi connectivity index (χ1n) is 12.4. The van der Waals surface area contributed by atoms with E-state index in [1.54, 1.807) is 0 Å². The quantitative estimate of drug-likeness (QED) is 0.400. The summed E-state index contributed by atoms with van der Waals surface area (Å²) in [4.78, 5) is 1.83. The molecule has 5 rings (SSSR count). The highest BCUT2D eigenvalue weighted by molar-refractivity contribution is 5.01. The van der Waals surface area contributed by atoms with Crippen molar-refractivity contribution in [3.63, 3.8) is 0 Å². The van der Waals surface area contributed by atoms with Crippen molar-refractivity contribution in [2.75, 3.05) is 26.9 Å². The lowest BCUT2D eigenvalue weighted by Crippen LogP contribution is -2.66. The number of unbranched alkanes of at least 4 members (excludes halogenated alkanes) is 3. The molecule has 1 aliphatic heterocycles. The molecule has 174 valence electrons. The Morgan fingerprint density at radius 2 is 1.37 bits per heavy atom. The highest BCUT2D eigenvalue weighted by Gasteiger charge is 2.51. The van der Waals surface area contributed by atoms with Gasteiger partial charge in [-0.05, 0) is 81.6 Å². The number of hydrogen-bond acceptors (Lipinski definition) is 6. The van der Waals surface area contributed by atoms with Crippen LogP contribution in [0.3, 0.4) is 0 Å². The number of likely N-dealkylation sites (tertiary alicyclic amines) is 1. The number of hydrogen-bond donors (Lipinski definition) is 4. The van der Waals surface area contributed by atoms with Gasteiger partial charge in [0.25, 0.3) is 0 Å². The second-order valence-corrected chi connectivity index (χ2v) is 11.1. The minimum Gasteiger partial charge on any atom is -0.395 e. The van der Waals surface area contributed by atoms with Gasteiger partial charge in [0.05, 0.1) is 25.4 Å². The molecule has 4 N–H and O–H groups in total. The lowest BCUT2D eigenvalue weighted by atomic mass is 9.50. The fourth-order valence-electron chi connectivity index (χ4n) is 7.66. The molecule has 0 aromatic carbocycles. The third-order valence-electron chi connectivity index (χ3n) is 8.83. The fourth-order valence-corrected chi connectivity index (χ4v) is 7.66. The Labute approximate surface area is 181 Å². The van der Waals surface area contributed by atoms with Crippen molar-refractivity contribution in [1.29, 1.82) is 0 Å². The normalized spacial score (nSPS) is 45.9. The van der Waals surface area contributed by atoms with E-state index in [1.165, 1.54) is 38.5 Å². The van der Waals surface area contributed by atoms with Crippen molar-refractivity contribution in [3.8, 4) is 0 Å². The molecule has 4 saturated carbocycles. The third kappa shape index (κ3) is 4.74. The van der Waals surface area contributed by atoms with Crippen molar-refractivity contribution >= 4 is 0 Å². The molecule has 0 unspecified atom stereocenters. The zero-order chi connectivity index (χ0) is 21.3. The Morgan fingerprint density at radius 1 is 0.800 bits per heavy atom. The van der Waals surface area contributed by atoms with Gasteiger partial charge in [0.2, 0.25) is 0 Å². The van der Waals surface area contributed by atoms with E-state index in [0.29, 0.717) is 5.41 Å². The fraction of sp³-hybridized carbons (Fsp3) is 1.00. The summed E-state index contributed by atoms with van der Waals surface area (Å²) in [7, 11) is 1.81. The van der Waals surface area contributed by atoms with Crippen LogP contribution in [0.1, 0.15) is 70.6 Å². The number of ether oxygens (including phenoxy) is 1. The smallest absolute Gasteiger partial charge is 0.109 e. The molecule has 30 heavy (non-hydrogen) atoms. The Hall–Kier alpha value is -0.240. The van der Waals surface area contributed by atoms with Crippen LogP contribution < -0.4 is 0 Å². The maximum absolute atomic E-state index is 10.3. The first-order chi connectivity index (χ1) is 14.4. The van der Waals surface area contributed by atoms with Crippen LogP contribution in [0.2, 0.25) is 0 Å². The largest absolute Gasteiger partial charge is 0.395 e. The molecule has 6 nitrogen and oxygen atoms in total. The van der Waals surface area contributed by atoms with Crippen LogP contribution in [0.4, 0.5) is 0 Å². The number of aliphatic hydroxyl groups excluding tert-OH is 4. The van der Waals surface area contributed by atoms with Crippen LogP contribution in [0.15, 0.2) is 0 Å². The van der Waals surface area contributed by atoms with E-state index in [0.717, 1.165) is 63.1 Å².